The number of hydrogen-bond donors (Lipinski definition) is 0. The number of nitrogens with zero attached hydrogens (tertiary/aromatic N) is 3. The van der Waals surface area contributed by atoms with Crippen LogP contribution in [0.5, 0.6) is 5.75 Å². The van der Waals surface area contributed by atoms with E-state index in [0.29, 0.717) is 32.2 Å². The standard InChI is InChI=1S/C27H33N3O3S/c1-19-23(27(31)29-12-14-33-15-13-29)16-25(30(19)17-20-6-4-3-5-7-20)24-18-34-26(28-24)21-8-10-22(32-2)11-9-21/h8-11,16,18,20H,3-7,12-15,17H2,1-2H3. The Morgan fingerprint density at radius 3 is 2.59 bits per heavy atom. The Labute approximate surface area is 205 Å². The molecule has 0 radical (unpaired) electrons. The number of methoxy groups -OCH3 is 1. The van der Waals surface area contributed by atoms with E-state index in [0.717, 1.165) is 45.5 Å². The first-order valence-electron chi connectivity index (χ1n) is 12.3. The van der Waals surface area contributed by atoms with Gasteiger partial charge in [-0.2, -0.15) is 0 Å². The van der Waals surface area contributed by atoms with E-state index in [1.54, 1.807) is 18.4 Å². The Morgan fingerprint density at radius 2 is 1.88 bits per heavy atom. The second-order valence-electron chi connectivity index (χ2n) is 9.31. The summed E-state index contributed by atoms with van der Waals surface area (Å²) >= 11 is 1.64. The summed E-state index contributed by atoms with van der Waals surface area (Å²) in [6.07, 6.45) is 6.47. The van der Waals surface area contributed by atoms with Gasteiger partial charge in [-0.25, -0.2) is 4.98 Å². The van der Waals surface area contributed by atoms with Crippen molar-refractivity contribution >= 4 is 17.2 Å². The maximum atomic E-state index is 13.4. The Kier molecular flexibility index (Phi) is 7.02. The van der Waals surface area contributed by atoms with Crippen LogP contribution in [0.4, 0.5) is 0 Å². The first kappa shape index (κ1) is 23.1. The zero-order valence-corrected chi connectivity index (χ0v) is 20.9. The Bertz CT molecular complexity index is 1120. The third kappa shape index (κ3) is 4.77. The number of morpholine rings is 1. The molecular weight excluding hydrogens is 446 g/mol. The fourth-order valence-corrected chi connectivity index (χ4v) is 5.95. The van der Waals surface area contributed by atoms with Crippen LogP contribution in [0.25, 0.3) is 22.0 Å². The van der Waals surface area contributed by atoms with Crippen LogP contribution < -0.4 is 4.74 Å². The molecule has 0 bridgehead atoms. The van der Waals surface area contributed by atoms with Crippen molar-refractivity contribution in [2.75, 3.05) is 33.4 Å². The molecule has 34 heavy (non-hydrogen) atoms. The first-order valence-corrected chi connectivity index (χ1v) is 13.2. The highest BCUT2D eigenvalue weighted by Gasteiger charge is 2.26. The van der Waals surface area contributed by atoms with Gasteiger partial charge >= 0.3 is 0 Å². The zero-order chi connectivity index (χ0) is 23.5. The first-order chi connectivity index (χ1) is 16.6. The molecule has 2 fully saturated rings. The fourth-order valence-electron chi connectivity index (χ4n) is 5.13. The summed E-state index contributed by atoms with van der Waals surface area (Å²) in [4.78, 5) is 20.3. The lowest BCUT2D eigenvalue weighted by atomic mass is 9.89. The van der Waals surface area contributed by atoms with E-state index in [9.17, 15) is 4.79 Å². The third-order valence-electron chi connectivity index (χ3n) is 7.16. The lowest BCUT2D eigenvalue weighted by Crippen LogP contribution is -2.40. The molecule has 180 valence electrons. The van der Waals surface area contributed by atoms with Crippen molar-refractivity contribution in [3.63, 3.8) is 0 Å². The molecule has 2 aliphatic rings. The number of ether oxygens (including phenoxy) is 2. The van der Waals surface area contributed by atoms with Crippen molar-refractivity contribution in [3.05, 3.63) is 47.0 Å². The monoisotopic (exact) mass is 479 g/mol. The molecule has 1 amide bonds. The molecule has 1 saturated carbocycles. The largest absolute Gasteiger partial charge is 0.497 e. The highest BCUT2D eigenvalue weighted by atomic mass is 32.1. The summed E-state index contributed by atoms with van der Waals surface area (Å²) in [6, 6.07) is 10.1. The Morgan fingerprint density at radius 1 is 1.15 bits per heavy atom. The molecule has 0 unspecified atom stereocenters. The van der Waals surface area contributed by atoms with Crippen molar-refractivity contribution in [2.45, 2.75) is 45.6 Å². The van der Waals surface area contributed by atoms with Crippen molar-refractivity contribution < 1.29 is 14.3 Å². The maximum absolute atomic E-state index is 13.4. The number of hydrogen-bond acceptors (Lipinski definition) is 5. The molecule has 3 aromatic rings. The molecule has 6 nitrogen and oxygen atoms in total. The van der Waals surface area contributed by atoms with E-state index in [1.165, 1.54) is 32.1 Å². The number of benzene rings is 1. The summed E-state index contributed by atoms with van der Waals surface area (Å²) in [5.74, 6) is 1.60. The molecule has 3 heterocycles. The fraction of sp³-hybridized carbons (Fsp3) is 0.481. The lowest BCUT2D eigenvalue weighted by Gasteiger charge is -2.27. The average molecular weight is 480 g/mol. The number of thiazole rings is 1. The van der Waals surface area contributed by atoms with Gasteiger partial charge in [0, 0.05) is 36.3 Å². The SMILES string of the molecule is COc1ccc(-c2nc(-c3cc(C(=O)N4CCOCC4)c(C)n3CC3CCCCC3)cs2)cc1. The minimum absolute atomic E-state index is 0.107. The second-order valence-corrected chi connectivity index (χ2v) is 10.2. The second kappa shape index (κ2) is 10.3. The van der Waals surface area contributed by atoms with Gasteiger partial charge in [0.25, 0.3) is 5.91 Å². The molecule has 0 spiro atoms. The summed E-state index contributed by atoms with van der Waals surface area (Å²) < 4.78 is 13.1. The molecule has 1 aromatic carbocycles. The van der Waals surface area contributed by atoms with Gasteiger partial charge < -0.3 is 18.9 Å². The predicted octanol–water partition coefficient (Wildman–Crippen LogP) is 5.65. The van der Waals surface area contributed by atoms with Gasteiger partial charge in [0.2, 0.25) is 0 Å². The maximum Gasteiger partial charge on any atom is 0.255 e. The van der Waals surface area contributed by atoms with Gasteiger partial charge in [0.05, 0.1) is 37.3 Å². The van der Waals surface area contributed by atoms with Crippen LogP contribution in [-0.4, -0.2) is 53.8 Å². The number of carbonyl (C=O) groups excluding carboxylic acids is 1. The number of amides is 1. The van der Waals surface area contributed by atoms with Crippen molar-refractivity contribution in [1.82, 2.24) is 14.5 Å². The van der Waals surface area contributed by atoms with Crippen LogP contribution in [0, 0.1) is 12.8 Å². The summed E-state index contributed by atoms with van der Waals surface area (Å²) in [6.45, 7) is 5.57. The molecule has 1 saturated heterocycles. The van der Waals surface area contributed by atoms with Crippen LogP contribution in [0.15, 0.2) is 35.7 Å². The van der Waals surface area contributed by atoms with Crippen molar-refractivity contribution in [1.29, 1.82) is 0 Å². The van der Waals surface area contributed by atoms with Gasteiger partial charge in [0.1, 0.15) is 10.8 Å². The average Bonchev–Trinajstić information content (AvgIpc) is 3.50. The van der Waals surface area contributed by atoms with E-state index in [4.69, 9.17) is 14.5 Å². The van der Waals surface area contributed by atoms with Gasteiger partial charge in [-0.1, -0.05) is 19.3 Å². The van der Waals surface area contributed by atoms with Crippen LogP contribution in [-0.2, 0) is 11.3 Å². The molecule has 0 N–H and O–H groups in total. The van der Waals surface area contributed by atoms with Gasteiger partial charge in [-0.05, 0) is 56.0 Å². The summed E-state index contributed by atoms with van der Waals surface area (Å²) in [5.41, 5.74) is 4.91. The number of rotatable bonds is 6. The topological polar surface area (TPSA) is 56.6 Å². The van der Waals surface area contributed by atoms with Gasteiger partial charge in [0.15, 0.2) is 0 Å². The predicted molar refractivity (Wildman–Crippen MR) is 136 cm³/mol. The van der Waals surface area contributed by atoms with Crippen molar-refractivity contribution in [2.24, 2.45) is 5.92 Å². The lowest BCUT2D eigenvalue weighted by molar-refractivity contribution is 0.0302. The van der Waals surface area contributed by atoms with Crippen molar-refractivity contribution in [3.8, 4) is 27.7 Å². The number of carbonyl (C=O) groups is 1. The van der Waals surface area contributed by atoms with E-state index in [1.807, 2.05) is 29.2 Å². The Balaban J connectivity index is 1.49. The zero-order valence-electron chi connectivity index (χ0n) is 20.1. The van der Waals surface area contributed by atoms with E-state index >= 15 is 0 Å². The quantitative estimate of drug-likeness (QED) is 0.459. The molecule has 0 atom stereocenters. The molecular formula is C27H33N3O3S. The molecule has 7 heteroatoms. The van der Waals surface area contributed by atoms with E-state index in [-0.39, 0.29) is 5.91 Å². The molecule has 5 rings (SSSR count). The normalized spacial score (nSPS) is 17.2. The van der Waals surface area contributed by atoms with Crippen LogP contribution in [0.1, 0.15) is 48.2 Å². The Hall–Kier alpha value is -2.64. The van der Waals surface area contributed by atoms with Gasteiger partial charge in [-0.15, -0.1) is 11.3 Å². The van der Waals surface area contributed by atoms with Gasteiger partial charge in [-0.3, -0.25) is 4.79 Å². The smallest absolute Gasteiger partial charge is 0.255 e. The minimum Gasteiger partial charge on any atom is -0.497 e. The highest BCUT2D eigenvalue weighted by Crippen LogP contribution is 2.34. The van der Waals surface area contributed by atoms with E-state index in [2.05, 4.69) is 22.9 Å². The molecule has 2 aromatic heterocycles. The van der Waals surface area contributed by atoms with Crippen LogP contribution >= 0.6 is 11.3 Å². The third-order valence-corrected chi connectivity index (χ3v) is 8.06. The molecule has 1 aliphatic heterocycles. The minimum atomic E-state index is 0.107. The number of aromatic nitrogens is 2. The summed E-state index contributed by atoms with van der Waals surface area (Å²) in [7, 11) is 1.68. The highest BCUT2D eigenvalue weighted by molar-refractivity contribution is 7.13. The summed E-state index contributed by atoms with van der Waals surface area (Å²) in [5, 5.41) is 3.09. The van der Waals surface area contributed by atoms with Crippen LogP contribution in [0.2, 0.25) is 0 Å². The molecule has 1 aliphatic carbocycles. The van der Waals surface area contributed by atoms with Crippen LogP contribution in [0.3, 0.4) is 0 Å². The van der Waals surface area contributed by atoms with E-state index < -0.39 is 0 Å².